The molecule has 0 amide bonds. The van der Waals surface area contributed by atoms with Crippen LogP contribution in [0.15, 0.2) is 36.5 Å². The highest BCUT2D eigenvalue weighted by Crippen LogP contribution is 2.26. The molecule has 0 aliphatic carbocycles. The van der Waals surface area contributed by atoms with E-state index < -0.39 is 0 Å². The second-order valence-corrected chi connectivity index (χ2v) is 5.29. The number of piperidine rings is 3. The average molecular weight is 256 g/mol. The topological polar surface area (TPSA) is 44.8 Å². The average Bonchev–Trinajstić information content (AvgIpc) is 3.05. The van der Waals surface area contributed by atoms with Crippen LogP contribution in [0.2, 0.25) is 0 Å². The van der Waals surface area contributed by atoms with Gasteiger partial charge in [0.15, 0.2) is 0 Å². The molecule has 4 heteroatoms. The van der Waals surface area contributed by atoms with Crippen LogP contribution in [0.25, 0.3) is 11.3 Å². The van der Waals surface area contributed by atoms with Crippen LogP contribution >= 0.6 is 0 Å². The Bertz CT molecular complexity index is 449. The van der Waals surface area contributed by atoms with Crippen molar-refractivity contribution >= 4 is 0 Å². The predicted octanol–water partition coefficient (Wildman–Crippen LogP) is 2.57. The third-order valence-electron chi connectivity index (χ3n) is 4.05. The van der Waals surface area contributed by atoms with Crippen molar-refractivity contribution < 1.29 is 0 Å². The van der Waals surface area contributed by atoms with E-state index in [1.54, 1.807) is 6.20 Å². The quantitative estimate of drug-likeness (QED) is 0.853. The molecule has 1 aromatic heterocycles. The molecule has 2 aromatic rings. The third kappa shape index (κ3) is 3.20. The number of fused-ring (bicyclic) bond motifs is 3. The first-order valence-electron chi connectivity index (χ1n) is 7.05. The van der Waals surface area contributed by atoms with Gasteiger partial charge >= 0.3 is 0 Å². The molecule has 3 aliphatic rings. The van der Waals surface area contributed by atoms with Crippen molar-refractivity contribution in [3.8, 4) is 11.3 Å². The fraction of sp³-hybridized carbons (Fsp3) is 0.467. The summed E-state index contributed by atoms with van der Waals surface area (Å²) in [5.74, 6) is 1.11. The SMILES string of the molecule is C1CN2CCC1CC2.c1ccc(-c2cn[nH]n2)cc1. The molecule has 4 nitrogen and oxygen atoms in total. The van der Waals surface area contributed by atoms with Crippen molar-refractivity contribution in [2.24, 2.45) is 5.92 Å². The van der Waals surface area contributed by atoms with Crippen LogP contribution in [0, 0.1) is 5.92 Å². The molecule has 3 aliphatic heterocycles. The van der Waals surface area contributed by atoms with Crippen LogP contribution in [0.1, 0.15) is 19.3 Å². The molecule has 3 fully saturated rings. The Labute approximate surface area is 113 Å². The monoisotopic (exact) mass is 256 g/mol. The molecule has 0 atom stereocenters. The van der Waals surface area contributed by atoms with Crippen molar-refractivity contribution in [2.75, 3.05) is 19.6 Å². The maximum Gasteiger partial charge on any atom is 0.112 e. The van der Waals surface area contributed by atoms with Gasteiger partial charge in [-0.3, -0.25) is 0 Å². The van der Waals surface area contributed by atoms with E-state index in [2.05, 4.69) is 20.3 Å². The van der Waals surface area contributed by atoms with Gasteiger partial charge in [-0.2, -0.15) is 15.4 Å². The van der Waals surface area contributed by atoms with Gasteiger partial charge in [-0.15, -0.1) is 0 Å². The minimum absolute atomic E-state index is 0.880. The molecule has 0 unspecified atom stereocenters. The Kier molecular flexibility index (Phi) is 3.89. The van der Waals surface area contributed by atoms with E-state index in [1.165, 1.54) is 38.9 Å². The van der Waals surface area contributed by atoms with Crippen molar-refractivity contribution in [1.82, 2.24) is 20.3 Å². The highest BCUT2D eigenvalue weighted by Gasteiger charge is 2.24. The van der Waals surface area contributed by atoms with Crippen molar-refractivity contribution in [3.63, 3.8) is 0 Å². The summed E-state index contributed by atoms with van der Waals surface area (Å²) in [5.41, 5.74) is 1.96. The van der Waals surface area contributed by atoms with Crippen molar-refractivity contribution in [2.45, 2.75) is 19.3 Å². The molecule has 4 heterocycles. The molecule has 0 radical (unpaired) electrons. The lowest BCUT2D eigenvalue weighted by atomic mass is 9.89. The van der Waals surface area contributed by atoms with E-state index in [1.807, 2.05) is 30.3 Å². The van der Waals surface area contributed by atoms with E-state index in [4.69, 9.17) is 0 Å². The molecule has 1 aromatic carbocycles. The Morgan fingerprint density at radius 3 is 2.11 bits per heavy atom. The van der Waals surface area contributed by atoms with E-state index in [0.717, 1.165) is 17.2 Å². The van der Waals surface area contributed by atoms with Gasteiger partial charge < -0.3 is 4.90 Å². The number of aromatic amines is 1. The van der Waals surface area contributed by atoms with Crippen LogP contribution in [0.4, 0.5) is 0 Å². The Hall–Kier alpha value is -1.68. The first-order chi connectivity index (χ1) is 9.42. The van der Waals surface area contributed by atoms with Gasteiger partial charge in [0.25, 0.3) is 0 Å². The second-order valence-electron chi connectivity index (χ2n) is 5.29. The number of hydrogen-bond acceptors (Lipinski definition) is 3. The van der Waals surface area contributed by atoms with Crippen LogP contribution in [0.3, 0.4) is 0 Å². The van der Waals surface area contributed by atoms with Gasteiger partial charge in [-0.05, 0) is 44.8 Å². The van der Waals surface area contributed by atoms with Crippen LogP contribution < -0.4 is 0 Å². The van der Waals surface area contributed by atoms with E-state index in [9.17, 15) is 0 Å². The second kappa shape index (κ2) is 5.97. The highest BCUT2D eigenvalue weighted by atomic mass is 15.3. The van der Waals surface area contributed by atoms with Gasteiger partial charge in [0.2, 0.25) is 0 Å². The van der Waals surface area contributed by atoms with E-state index in [0.29, 0.717) is 0 Å². The summed E-state index contributed by atoms with van der Waals surface area (Å²) in [4.78, 5) is 2.58. The Balaban J connectivity index is 0.000000122. The zero-order valence-electron chi connectivity index (χ0n) is 11.1. The molecule has 5 rings (SSSR count). The van der Waals surface area contributed by atoms with Crippen molar-refractivity contribution in [3.05, 3.63) is 36.5 Å². The number of H-pyrrole nitrogens is 1. The largest absolute Gasteiger partial charge is 0.303 e. The van der Waals surface area contributed by atoms with Crippen LogP contribution in [0.5, 0.6) is 0 Å². The molecule has 1 N–H and O–H groups in total. The smallest absolute Gasteiger partial charge is 0.112 e. The van der Waals surface area contributed by atoms with Gasteiger partial charge in [-0.1, -0.05) is 30.3 Å². The van der Waals surface area contributed by atoms with Gasteiger partial charge in [-0.25, -0.2) is 0 Å². The van der Waals surface area contributed by atoms with Crippen molar-refractivity contribution in [1.29, 1.82) is 0 Å². The number of nitrogens with one attached hydrogen (secondary N) is 1. The van der Waals surface area contributed by atoms with Crippen LogP contribution in [-0.2, 0) is 0 Å². The first-order valence-corrected chi connectivity index (χ1v) is 7.05. The first kappa shape index (κ1) is 12.4. The number of nitrogens with zero attached hydrogens (tertiary/aromatic N) is 3. The number of benzene rings is 1. The molecule has 19 heavy (non-hydrogen) atoms. The summed E-state index contributed by atoms with van der Waals surface area (Å²) in [6.45, 7) is 4.18. The lowest BCUT2D eigenvalue weighted by Gasteiger charge is -2.38. The molecule has 100 valence electrons. The molecule has 0 saturated carbocycles. The lowest BCUT2D eigenvalue weighted by molar-refractivity contribution is 0.111. The molecule has 2 bridgehead atoms. The Morgan fingerprint density at radius 2 is 1.68 bits per heavy atom. The van der Waals surface area contributed by atoms with Gasteiger partial charge in [0.1, 0.15) is 5.69 Å². The number of aromatic nitrogens is 3. The standard InChI is InChI=1S/C8H7N3.C7H13N/c1-2-4-7(5-3-1)8-6-9-11-10-8;1-4-8-5-2-7(1)3-6-8/h1-6H,(H,9,10,11);7H,1-6H2. The molecule has 0 spiro atoms. The van der Waals surface area contributed by atoms with Gasteiger partial charge in [0, 0.05) is 5.56 Å². The summed E-state index contributed by atoms with van der Waals surface area (Å²) in [6, 6.07) is 9.92. The summed E-state index contributed by atoms with van der Waals surface area (Å²) >= 11 is 0. The summed E-state index contributed by atoms with van der Waals surface area (Å²) in [7, 11) is 0. The molecular weight excluding hydrogens is 236 g/mol. The Morgan fingerprint density at radius 1 is 1.00 bits per heavy atom. The fourth-order valence-electron chi connectivity index (χ4n) is 2.81. The zero-order chi connectivity index (χ0) is 12.9. The van der Waals surface area contributed by atoms with E-state index in [-0.39, 0.29) is 0 Å². The predicted molar refractivity (Wildman–Crippen MR) is 75.6 cm³/mol. The minimum Gasteiger partial charge on any atom is -0.303 e. The summed E-state index contributed by atoms with van der Waals surface area (Å²) in [6.07, 6.45) is 6.16. The normalized spacial score (nSPS) is 24.6. The fourth-order valence-corrected chi connectivity index (χ4v) is 2.81. The molecule has 3 saturated heterocycles. The third-order valence-corrected chi connectivity index (χ3v) is 4.05. The highest BCUT2D eigenvalue weighted by molar-refractivity contribution is 5.56. The van der Waals surface area contributed by atoms with E-state index >= 15 is 0 Å². The van der Waals surface area contributed by atoms with Gasteiger partial charge in [0.05, 0.1) is 6.20 Å². The maximum atomic E-state index is 3.95. The number of hydrogen-bond donors (Lipinski definition) is 1. The zero-order valence-corrected chi connectivity index (χ0v) is 11.1. The number of rotatable bonds is 1. The maximum absolute atomic E-state index is 3.95. The molecular formula is C15H20N4. The minimum atomic E-state index is 0.880. The summed E-state index contributed by atoms with van der Waals surface area (Å²) in [5, 5.41) is 10.2. The van der Waals surface area contributed by atoms with Crippen LogP contribution in [-0.4, -0.2) is 39.9 Å². The lowest BCUT2D eigenvalue weighted by Crippen LogP contribution is -2.41. The summed E-state index contributed by atoms with van der Waals surface area (Å²) < 4.78 is 0.